The Morgan fingerprint density at radius 1 is 1.43 bits per heavy atom. The summed E-state index contributed by atoms with van der Waals surface area (Å²) in [5.41, 5.74) is 0.874. The molecule has 0 spiro atoms. The second-order valence-corrected chi connectivity index (χ2v) is 5.75. The summed E-state index contributed by atoms with van der Waals surface area (Å²) in [7, 11) is 1.75. The van der Waals surface area contributed by atoms with Gasteiger partial charge in [0, 0.05) is 13.6 Å². The highest BCUT2D eigenvalue weighted by Gasteiger charge is 2.14. The highest BCUT2D eigenvalue weighted by Crippen LogP contribution is 2.16. The number of nitrogens with zero attached hydrogens (tertiary/aromatic N) is 4. The Labute approximate surface area is 127 Å². The molecule has 0 aliphatic rings. The van der Waals surface area contributed by atoms with Crippen molar-refractivity contribution in [3.05, 3.63) is 34.0 Å². The zero-order valence-corrected chi connectivity index (χ0v) is 13.2. The van der Waals surface area contributed by atoms with Gasteiger partial charge in [0.05, 0.1) is 17.8 Å². The van der Waals surface area contributed by atoms with Crippen molar-refractivity contribution in [1.29, 1.82) is 0 Å². The molecule has 7 heteroatoms. The van der Waals surface area contributed by atoms with E-state index in [9.17, 15) is 9.59 Å². The number of carbonyl (C=O) groups is 2. The average molecular weight is 306 g/mol. The lowest BCUT2D eigenvalue weighted by atomic mass is 10.2. The Kier molecular flexibility index (Phi) is 4.85. The van der Waals surface area contributed by atoms with E-state index in [-0.39, 0.29) is 11.7 Å². The van der Waals surface area contributed by atoms with Crippen molar-refractivity contribution >= 4 is 23.0 Å². The minimum Gasteiger partial charge on any atom is -0.338 e. The predicted molar refractivity (Wildman–Crippen MR) is 80.2 cm³/mol. The lowest BCUT2D eigenvalue weighted by molar-refractivity contribution is -0.129. The van der Waals surface area contributed by atoms with Crippen LogP contribution in [0, 0.1) is 0 Å². The molecule has 2 aromatic rings. The fourth-order valence-electron chi connectivity index (χ4n) is 1.93. The summed E-state index contributed by atoms with van der Waals surface area (Å²) in [6, 6.07) is 1.79. The van der Waals surface area contributed by atoms with Crippen LogP contribution in [0.15, 0.2) is 17.8 Å². The Morgan fingerprint density at radius 2 is 2.19 bits per heavy atom. The second-order valence-electron chi connectivity index (χ2n) is 4.84. The van der Waals surface area contributed by atoms with E-state index in [4.69, 9.17) is 0 Å². The Morgan fingerprint density at radius 3 is 2.81 bits per heavy atom. The Hall–Kier alpha value is -2.02. The van der Waals surface area contributed by atoms with Gasteiger partial charge in [-0.15, -0.1) is 21.5 Å². The van der Waals surface area contributed by atoms with E-state index in [1.807, 2.05) is 16.9 Å². The molecule has 2 aromatic heterocycles. The zero-order chi connectivity index (χ0) is 15.4. The van der Waals surface area contributed by atoms with Gasteiger partial charge in [-0.05, 0) is 30.9 Å². The molecular weight excluding hydrogens is 288 g/mol. The summed E-state index contributed by atoms with van der Waals surface area (Å²) in [5, 5.41) is 9.73. The van der Waals surface area contributed by atoms with Crippen molar-refractivity contribution < 1.29 is 9.59 Å². The van der Waals surface area contributed by atoms with E-state index in [0.29, 0.717) is 17.8 Å². The van der Waals surface area contributed by atoms with Gasteiger partial charge in [-0.3, -0.25) is 9.59 Å². The highest BCUT2D eigenvalue weighted by molar-refractivity contribution is 7.12. The number of rotatable bonds is 6. The molecule has 6 nitrogen and oxygen atoms in total. The van der Waals surface area contributed by atoms with Crippen LogP contribution in [0.25, 0.3) is 0 Å². The number of aryl methyl sites for hydroxylation is 1. The number of likely N-dealkylation sites (N-methyl/N-ethyl adjacent to an activating group) is 1. The van der Waals surface area contributed by atoms with Gasteiger partial charge < -0.3 is 9.47 Å². The monoisotopic (exact) mass is 306 g/mol. The van der Waals surface area contributed by atoms with Crippen LogP contribution in [0.3, 0.4) is 0 Å². The molecule has 0 unspecified atom stereocenters. The SMILES string of the molecule is CCn1cnnc1CN(C)C(=O)Cc1csc(C(C)=O)c1. The number of thiophene rings is 1. The van der Waals surface area contributed by atoms with Crippen molar-refractivity contribution in [2.75, 3.05) is 7.05 Å². The molecule has 0 fully saturated rings. The molecule has 0 aliphatic carbocycles. The summed E-state index contributed by atoms with van der Waals surface area (Å²) >= 11 is 1.38. The van der Waals surface area contributed by atoms with Crippen LogP contribution >= 0.6 is 11.3 Å². The van der Waals surface area contributed by atoms with Gasteiger partial charge in [-0.2, -0.15) is 0 Å². The highest BCUT2D eigenvalue weighted by atomic mass is 32.1. The summed E-state index contributed by atoms with van der Waals surface area (Å²) in [5.74, 6) is 0.791. The molecule has 21 heavy (non-hydrogen) atoms. The first-order chi connectivity index (χ1) is 10.0. The van der Waals surface area contributed by atoms with E-state index in [2.05, 4.69) is 10.2 Å². The van der Waals surface area contributed by atoms with Crippen molar-refractivity contribution in [3.8, 4) is 0 Å². The van der Waals surface area contributed by atoms with E-state index in [1.165, 1.54) is 18.3 Å². The maximum Gasteiger partial charge on any atom is 0.227 e. The van der Waals surface area contributed by atoms with E-state index in [0.717, 1.165) is 17.9 Å². The first-order valence-electron chi connectivity index (χ1n) is 6.70. The zero-order valence-electron chi connectivity index (χ0n) is 12.4. The number of Topliss-reactive ketones (excluding diaryl/α,β-unsaturated/α-hetero) is 1. The van der Waals surface area contributed by atoms with E-state index in [1.54, 1.807) is 24.3 Å². The number of hydrogen-bond donors (Lipinski definition) is 0. The molecule has 0 aliphatic heterocycles. The topological polar surface area (TPSA) is 68.1 Å². The normalized spacial score (nSPS) is 10.6. The van der Waals surface area contributed by atoms with Gasteiger partial charge in [0.2, 0.25) is 5.91 Å². The van der Waals surface area contributed by atoms with E-state index < -0.39 is 0 Å². The fourth-order valence-corrected chi connectivity index (χ4v) is 2.74. The first-order valence-corrected chi connectivity index (χ1v) is 7.58. The number of hydrogen-bond acceptors (Lipinski definition) is 5. The lowest BCUT2D eigenvalue weighted by Gasteiger charge is -2.16. The van der Waals surface area contributed by atoms with Crippen LogP contribution < -0.4 is 0 Å². The van der Waals surface area contributed by atoms with Gasteiger partial charge in [0.15, 0.2) is 11.6 Å². The molecule has 0 bridgehead atoms. The molecule has 0 atom stereocenters. The van der Waals surface area contributed by atoms with Crippen LogP contribution in [-0.4, -0.2) is 38.4 Å². The van der Waals surface area contributed by atoms with Crippen LogP contribution in [0.1, 0.15) is 34.9 Å². The summed E-state index contributed by atoms with van der Waals surface area (Å²) in [6.07, 6.45) is 1.95. The van der Waals surface area contributed by atoms with Crippen LogP contribution in [0.2, 0.25) is 0 Å². The van der Waals surface area contributed by atoms with Crippen molar-refractivity contribution in [3.63, 3.8) is 0 Å². The minimum atomic E-state index is -0.00597. The molecule has 0 saturated heterocycles. The van der Waals surface area contributed by atoms with Gasteiger partial charge in [-0.25, -0.2) is 0 Å². The molecule has 0 aromatic carbocycles. The molecular formula is C14H18N4O2S. The van der Waals surface area contributed by atoms with Crippen LogP contribution in [0.5, 0.6) is 0 Å². The third kappa shape index (κ3) is 3.75. The number of ketones is 1. The molecule has 112 valence electrons. The average Bonchev–Trinajstić information content (AvgIpc) is 3.07. The third-order valence-corrected chi connectivity index (χ3v) is 4.28. The minimum absolute atomic E-state index is 0.00597. The van der Waals surface area contributed by atoms with Crippen molar-refractivity contribution in [1.82, 2.24) is 19.7 Å². The number of amides is 1. The maximum atomic E-state index is 12.2. The van der Waals surface area contributed by atoms with Crippen LogP contribution in [0.4, 0.5) is 0 Å². The van der Waals surface area contributed by atoms with Gasteiger partial charge in [0.1, 0.15) is 6.33 Å². The second kappa shape index (κ2) is 6.62. The van der Waals surface area contributed by atoms with Gasteiger partial charge in [0.25, 0.3) is 0 Å². The first kappa shape index (κ1) is 15.4. The fraction of sp³-hybridized carbons (Fsp3) is 0.429. The van der Waals surface area contributed by atoms with Gasteiger partial charge in [-0.1, -0.05) is 0 Å². The molecule has 0 radical (unpaired) electrons. The van der Waals surface area contributed by atoms with E-state index >= 15 is 0 Å². The smallest absolute Gasteiger partial charge is 0.227 e. The number of carbonyl (C=O) groups excluding carboxylic acids is 2. The molecule has 2 heterocycles. The Bertz CT molecular complexity index is 647. The quantitative estimate of drug-likeness (QED) is 0.763. The third-order valence-electron chi connectivity index (χ3n) is 3.20. The predicted octanol–water partition coefficient (Wildman–Crippen LogP) is 1.76. The standard InChI is InChI=1S/C14H18N4O2S/c1-4-18-9-15-16-13(18)7-17(3)14(20)6-11-5-12(10(2)19)21-8-11/h5,8-9H,4,6-7H2,1-3H3. The Balaban J connectivity index is 1.97. The van der Waals surface area contributed by atoms with Gasteiger partial charge >= 0.3 is 0 Å². The van der Waals surface area contributed by atoms with Crippen LogP contribution in [-0.2, 0) is 24.3 Å². The number of aromatic nitrogens is 3. The molecule has 1 amide bonds. The summed E-state index contributed by atoms with van der Waals surface area (Å²) in [6.45, 7) is 4.73. The summed E-state index contributed by atoms with van der Waals surface area (Å²) < 4.78 is 1.90. The van der Waals surface area contributed by atoms with Crippen molar-refractivity contribution in [2.45, 2.75) is 33.4 Å². The lowest BCUT2D eigenvalue weighted by Crippen LogP contribution is -2.29. The van der Waals surface area contributed by atoms with Crippen molar-refractivity contribution in [2.24, 2.45) is 0 Å². The maximum absolute atomic E-state index is 12.2. The summed E-state index contributed by atoms with van der Waals surface area (Å²) in [4.78, 5) is 25.8. The molecule has 2 rings (SSSR count). The largest absolute Gasteiger partial charge is 0.338 e. The molecule has 0 N–H and O–H groups in total. The molecule has 0 saturated carbocycles.